The third-order valence-corrected chi connectivity index (χ3v) is 4.01. The second kappa shape index (κ2) is 3.00. The van der Waals surface area contributed by atoms with Crippen LogP contribution in [0.25, 0.3) is 0 Å². The van der Waals surface area contributed by atoms with Crippen LogP contribution in [-0.2, 0) is 0 Å². The number of aliphatic hydroxyl groups excluding tert-OH is 1. The Morgan fingerprint density at radius 2 is 2.17 bits per heavy atom. The number of hydrogen-bond donors (Lipinski definition) is 1. The highest BCUT2D eigenvalue weighted by molar-refractivity contribution is 5.02. The van der Waals surface area contributed by atoms with Crippen molar-refractivity contribution in [3.63, 3.8) is 0 Å². The third-order valence-electron chi connectivity index (χ3n) is 4.01. The van der Waals surface area contributed by atoms with Gasteiger partial charge in [-0.3, -0.25) is 0 Å². The van der Waals surface area contributed by atoms with E-state index in [2.05, 4.69) is 11.9 Å². The normalized spacial score (nSPS) is 43.0. The summed E-state index contributed by atoms with van der Waals surface area (Å²) in [6.07, 6.45) is 6.51. The van der Waals surface area contributed by atoms with Gasteiger partial charge in [-0.2, -0.15) is 0 Å². The molecule has 2 heteroatoms. The Balaban J connectivity index is 2.17. The summed E-state index contributed by atoms with van der Waals surface area (Å²) in [7, 11) is 2.22. The monoisotopic (exact) mass is 169 g/mol. The first kappa shape index (κ1) is 8.52. The van der Waals surface area contributed by atoms with Gasteiger partial charge in [0.25, 0.3) is 0 Å². The molecule has 0 amide bonds. The van der Waals surface area contributed by atoms with Crippen molar-refractivity contribution in [2.75, 3.05) is 20.2 Å². The van der Waals surface area contributed by atoms with Crippen LogP contribution in [-0.4, -0.2) is 35.7 Å². The molecule has 12 heavy (non-hydrogen) atoms. The topological polar surface area (TPSA) is 23.5 Å². The van der Waals surface area contributed by atoms with E-state index in [9.17, 15) is 5.11 Å². The molecule has 0 aromatic heterocycles. The largest absolute Gasteiger partial charge is 0.396 e. The molecule has 2 fully saturated rings. The zero-order chi connectivity index (χ0) is 8.60. The number of likely N-dealkylation sites (tertiary alicyclic amines) is 1. The summed E-state index contributed by atoms with van der Waals surface area (Å²) < 4.78 is 0. The molecule has 0 aromatic carbocycles. The average Bonchev–Trinajstić information content (AvgIpc) is 2.62. The fourth-order valence-corrected chi connectivity index (χ4v) is 3.26. The van der Waals surface area contributed by atoms with Crippen LogP contribution in [0.5, 0.6) is 0 Å². The highest BCUT2D eigenvalue weighted by Gasteiger charge is 2.47. The van der Waals surface area contributed by atoms with E-state index < -0.39 is 0 Å². The zero-order valence-electron chi connectivity index (χ0n) is 7.92. The van der Waals surface area contributed by atoms with Crippen LogP contribution >= 0.6 is 0 Å². The van der Waals surface area contributed by atoms with Gasteiger partial charge in [-0.05, 0) is 39.3 Å². The van der Waals surface area contributed by atoms with Gasteiger partial charge in [0.05, 0.1) is 0 Å². The van der Waals surface area contributed by atoms with Gasteiger partial charge >= 0.3 is 0 Å². The lowest BCUT2D eigenvalue weighted by atomic mass is 9.85. The minimum Gasteiger partial charge on any atom is -0.396 e. The molecule has 1 heterocycles. The fourth-order valence-electron chi connectivity index (χ4n) is 3.26. The lowest BCUT2D eigenvalue weighted by Gasteiger charge is -2.37. The SMILES string of the molecule is CN1CCCC12CCCC2CO. The van der Waals surface area contributed by atoms with Crippen molar-refractivity contribution in [2.24, 2.45) is 5.92 Å². The fraction of sp³-hybridized carbons (Fsp3) is 1.00. The summed E-state index contributed by atoms with van der Waals surface area (Å²) in [6, 6.07) is 0. The lowest BCUT2D eigenvalue weighted by molar-refractivity contribution is 0.0790. The maximum absolute atomic E-state index is 9.28. The van der Waals surface area contributed by atoms with E-state index in [1.807, 2.05) is 0 Å². The first-order valence-corrected chi connectivity index (χ1v) is 5.12. The molecule has 1 aliphatic heterocycles. The number of nitrogens with zero attached hydrogens (tertiary/aromatic N) is 1. The van der Waals surface area contributed by atoms with E-state index in [1.54, 1.807) is 0 Å². The lowest BCUT2D eigenvalue weighted by Crippen LogP contribution is -2.45. The second-order valence-electron chi connectivity index (χ2n) is 4.40. The van der Waals surface area contributed by atoms with Crippen molar-refractivity contribution in [3.8, 4) is 0 Å². The van der Waals surface area contributed by atoms with Crippen LogP contribution in [0.3, 0.4) is 0 Å². The maximum Gasteiger partial charge on any atom is 0.0476 e. The van der Waals surface area contributed by atoms with E-state index in [4.69, 9.17) is 0 Å². The predicted octanol–water partition coefficient (Wildman–Crippen LogP) is 1.24. The Bertz CT molecular complexity index is 167. The van der Waals surface area contributed by atoms with Crippen molar-refractivity contribution in [1.82, 2.24) is 4.90 Å². The molecule has 1 saturated carbocycles. The van der Waals surface area contributed by atoms with Crippen molar-refractivity contribution in [3.05, 3.63) is 0 Å². The molecule has 0 aromatic rings. The molecule has 70 valence electrons. The Labute approximate surface area is 74.6 Å². The van der Waals surface area contributed by atoms with Gasteiger partial charge in [-0.25, -0.2) is 0 Å². The maximum atomic E-state index is 9.28. The summed E-state index contributed by atoms with van der Waals surface area (Å²) in [4.78, 5) is 2.49. The van der Waals surface area contributed by atoms with Crippen molar-refractivity contribution in [1.29, 1.82) is 0 Å². The van der Waals surface area contributed by atoms with Crippen LogP contribution in [0.15, 0.2) is 0 Å². The smallest absolute Gasteiger partial charge is 0.0476 e. The summed E-state index contributed by atoms with van der Waals surface area (Å²) in [5.74, 6) is 0.560. The standard InChI is InChI=1S/C10H19NO/c1-11-7-3-6-10(11)5-2-4-9(10)8-12/h9,12H,2-8H2,1H3. The molecule has 2 aliphatic rings. The second-order valence-corrected chi connectivity index (χ2v) is 4.40. The van der Waals surface area contributed by atoms with Gasteiger partial charge in [-0.15, -0.1) is 0 Å². The summed E-state index contributed by atoms with van der Waals surface area (Å²) in [6.45, 7) is 1.63. The van der Waals surface area contributed by atoms with Gasteiger partial charge in [-0.1, -0.05) is 6.42 Å². The Morgan fingerprint density at radius 1 is 1.42 bits per heavy atom. The van der Waals surface area contributed by atoms with Crippen LogP contribution in [0.4, 0.5) is 0 Å². The van der Waals surface area contributed by atoms with Gasteiger partial charge in [0.1, 0.15) is 0 Å². The van der Waals surface area contributed by atoms with Gasteiger partial charge in [0.2, 0.25) is 0 Å². The summed E-state index contributed by atoms with van der Waals surface area (Å²) in [5, 5.41) is 9.28. The van der Waals surface area contributed by atoms with Crippen molar-refractivity contribution >= 4 is 0 Å². The Hall–Kier alpha value is -0.0800. The molecule has 1 N–H and O–H groups in total. The van der Waals surface area contributed by atoms with Crippen molar-refractivity contribution < 1.29 is 5.11 Å². The Morgan fingerprint density at radius 3 is 2.75 bits per heavy atom. The number of rotatable bonds is 1. The van der Waals surface area contributed by atoms with E-state index in [0.29, 0.717) is 18.1 Å². The molecule has 0 bridgehead atoms. The molecular formula is C10H19NO. The highest BCUT2D eigenvalue weighted by atomic mass is 16.3. The number of hydrogen-bond acceptors (Lipinski definition) is 2. The molecule has 1 saturated heterocycles. The van der Waals surface area contributed by atoms with Crippen LogP contribution in [0, 0.1) is 5.92 Å². The van der Waals surface area contributed by atoms with E-state index in [1.165, 1.54) is 38.6 Å². The summed E-state index contributed by atoms with van der Waals surface area (Å²) in [5.41, 5.74) is 0.398. The van der Waals surface area contributed by atoms with Crippen LogP contribution in [0.1, 0.15) is 32.1 Å². The predicted molar refractivity (Wildman–Crippen MR) is 49.0 cm³/mol. The van der Waals surface area contributed by atoms with Gasteiger partial charge < -0.3 is 10.0 Å². The zero-order valence-corrected chi connectivity index (χ0v) is 7.92. The number of aliphatic hydroxyl groups is 1. The van der Waals surface area contributed by atoms with E-state index >= 15 is 0 Å². The first-order chi connectivity index (χ1) is 5.79. The van der Waals surface area contributed by atoms with Crippen LogP contribution < -0.4 is 0 Å². The molecule has 2 nitrogen and oxygen atoms in total. The Kier molecular flexibility index (Phi) is 2.13. The molecule has 1 aliphatic carbocycles. The highest BCUT2D eigenvalue weighted by Crippen LogP contribution is 2.45. The first-order valence-electron chi connectivity index (χ1n) is 5.12. The quantitative estimate of drug-likeness (QED) is 0.638. The molecule has 2 rings (SSSR count). The van der Waals surface area contributed by atoms with E-state index in [0.717, 1.165) is 0 Å². The molecule has 1 spiro atoms. The van der Waals surface area contributed by atoms with Crippen LogP contribution in [0.2, 0.25) is 0 Å². The minimum atomic E-state index is 0.393. The molecule has 2 atom stereocenters. The van der Waals surface area contributed by atoms with Crippen molar-refractivity contribution in [2.45, 2.75) is 37.6 Å². The van der Waals surface area contributed by atoms with E-state index in [-0.39, 0.29) is 0 Å². The summed E-state index contributed by atoms with van der Waals surface area (Å²) >= 11 is 0. The molecule has 2 unspecified atom stereocenters. The molecule has 0 radical (unpaired) electrons. The minimum absolute atomic E-state index is 0.393. The van der Waals surface area contributed by atoms with Gasteiger partial charge in [0.15, 0.2) is 0 Å². The average molecular weight is 169 g/mol. The third kappa shape index (κ3) is 1.01. The molecular weight excluding hydrogens is 150 g/mol. The van der Waals surface area contributed by atoms with Gasteiger partial charge in [0, 0.05) is 18.1 Å².